The Kier molecular flexibility index (Phi) is 5.50. The minimum atomic E-state index is -0.310. The maximum absolute atomic E-state index is 6.39. The van der Waals surface area contributed by atoms with Crippen molar-refractivity contribution in [3.05, 3.63) is 162 Å². The fourth-order valence-corrected chi connectivity index (χ4v) is 6.44. The topological polar surface area (TPSA) is 54.8 Å². The third kappa shape index (κ3) is 3.87. The summed E-state index contributed by atoms with van der Waals surface area (Å²) in [6, 6.07) is 50.4. The van der Waals surface area contributed by atoms with Gasteiger partial charge < -0.3 is 14.3 Å². The molecule has 1 aliphatic heterocycles. The Bertz CT molecular complexity index is 2380. The molecule has 0 fully saturated rings. The smallest absolute Gasteiger partial charge is 0.163 e. The Labute approximate surface area is 253 Å². The van der Waals surface area contributed by atoms with Crippen LogP contribution in [0, 0.1) is 0 Å². The van der Waals surface area contributed by atoms with Gasteiger partial charge in [-0.05, 0) is 42.0 Å². The van der Waals surface area contributed by atoms with Crippen LogP contribution in [0.2, 0.25) is 0 Å². The molecule has 5 nitrogen and oxygen atoms in total. The van der Waals surface area contributed by atoms with Gasteiger partial charge in [-0.2, -0.15) is 0 Å². The Hall–Kier alpha value is -5.94. The van der Waals surface area contributed by atoms with Crippen LogP contribution in [0.4, 0.5) is 0 Å². The molecule has 1 unspecified atom stereocenters. The second-order valence-corrected chi connectivity index (χ2v) is 11.1. The van der Waals surface area contributed by atoms with E-state index in [0.29, 0.717) is 5.84 Å². The van der Waals surface area contributed by atoms with E-state index in [2.05, 4.69) is 113 Å². The standard InChI is InChI=1S/C39H26N4O/c1-2-12-25(13-3-1)37-40-38(42-39(41-37)32-20-11-19-31-30-18-6-9-23-35(30)44-36(31)32)26-14-10-15-27(24-26)43-33-21-7-4-16-28(33)29-17-5-8-22-34(29)43/h1-24,37H,(H,40,41,42). The molecule has 0 spiro atoms. The first-order valence-electron chi connectivity index (χ1n) is 14.8. The highest BCUT2D eigenvalue weighted by Crippen LogP contribution is 2.34. The lowest BCUT2D eigenvalue weighted by atomic mass is 10.1. The highest BCUT2D eigenvalue weighted by Gasteiger charge is 2.24. The quantitative estimate of drug-likeness (QED) is 0.231. The van der Waals surface area contributed by atoms with Crippen molar-refractivity contribution < 1.29 is 4.42 Å². The molecule has 0 radical (unpaired) electrons. The first-order chi connectivity index (χ1) is 21.8. The second kappa shape index (κ2) is 9.82. The van der Waals surface area contributed by atoms with E-state index in [9.17, 15) is 0 Å². The molecule has 2 aromatic heterocycles. The summed E-state index contributed by atoms with van der Waals surface area (Å²) in [5.74, 6) is 1.40. The SMILES string of the molecule is c1ccc(C2N=C(c3cccc4c3oc3ccccc34)N=C(c3cccc(-n4c5ccccc5c5ccccc54)c3)N2)cc1. The minimum Gasteiger partial charge on any atom is -0.455 e. The fourth-order valence-electron chi connectivity index (χ4n) is 6.44. The van der Waals surface area contributed by atoms with Crippen LogP contribution < -0.4 is 5.32 Å². The number of rotatable bonds is 4. The van der Waals surface area contributed by atoms with E-state index in [1.807, 2.05) is 42.5 Å². The van der Waals surface area contributed by atoms with Crippen LogP contribution in [0.5, 0.6) is 0 Å². The molecule has 3 heterocycles. The van der Waals surface area contributed by atoms with Crippen LogP contribution in [0.25, 0.3) is 49.4 Å². The van der Waals surface area contributed by atoms with Gasteiger partial charge >= 0.3 is 0 Å². The van der Waals surface area contributed by atoms with Crippen molar-refractivity contribution in [1.29, 1.82) is 0 Å². The maximum atomic E-state index is 6.39. The zero-order valence-electron chi connectivity index (χ0n) is 23.7. The maximum Gasteiger partial charge on any atom is 0.163 e. The average Bonchev–Trinajstić information content (AvgIpc) is 3.65. The number of hydrogen-bond acceptors (Lipinski definition) is 4. The summed E-state index contributed by atoms with van der Waals surface area (Å²) in [6.07, 6.45) is -0.310. The lowest BCUT2D eigenvalue weighted by Gasteiger charge is -2.24. The molecule has 0 aliphatic carbocycles. The van der Waals surface area contributed by atoms with Gasteiger partial charge in [0, 0.05) is 32.8 Å². The second-order valence-electron chi connectivity index (χ2n) is 11.1. The van der Waals surface area contributed by atoms with Crippen molar-refractivity contribution in [2.45, 2.75) is 6.17 Å². The van der Waals surface area contributed by atoms with Crippen LogP contribution >= 0.6 is 0 Å². The molecule has 1 atom stereocenters. The number of para-hydroxylation sites is 4. The molecule has 0 saturated carbocycles. The van der Waals surface area contributed by atoms with Crippen molar-refractivity contribution in [3.63, 3.8) is 0 Å². The molecule has 1 N–H and O–H groups in total. The number of benzene rings is 6. The van der Waals surface area contributed by atoms with Crippen LogP contribution in [0.1, 0.15) is 22.9 Å². The number of aliphatic imine (C=N–C) groups is 2. The van der Waals surface area contributed by atoms with E-state index in [0.717, 1.165) is 50.2 Å². The summed E-state index contributed by atoms with van der Waals surface area (Å²) < 4.78 is 8.72. The van der Waals surface area contributed by atoms with Gasteiger partial charge in [0.25, 0.3) is 0 Å². The number of fused-ring (bicyclic) bond motifs is 6. The van der Waals surface area contributed by atoms with Crippen molar-refractivity contribution >= 4 is 55.4 Å². The van der Waals surface area contributed by atoms with Crippen LogP contribution in [-0.4, -0.2) is 16.2 Å². The van der Waals surface area contributed by atoms with Gasteiger partial charge in [-0.1, -0.05) is 109 Å². The van der Waals surface area contributed by atoms with Crippen molar-refractivity contribution in [3.8, 4) is 5.69 Å². The first-order valence-corrected chi connectivity index (χ1v) is 14.8. The van der Waals surface area contributed by atoms with E-state index in [1.165, 1.54) is 21.8 Å². The molecule has 0 amide bonds. The molecular formula is C39H26N4O. The molecule has 0 bridgehead atoms. The molecular weight excluding hydrogens is 540 g/mol. The van der Waals surface area contributed by atoms with E-state index >= 15 is 0 Å². The van der Waals surface area contributed by atoms with Gasteiger partial charge in [-0.3, -0.25) is 0 Å². The Morgan fingerprint density at radius 1 is 0.591 bits per heavy atom. The highest BCUT2D eigenvalue weighted by molar-refractivity contribution is 6.19. The van der Waals surface area contributed by atoms with E-state index < -0.39 is 0 Å². The Morgan fingerprint density at radius 3 is 2.05 bits per heavy atom. The minimum absolute atomic E-state index is 0.310. The Morgan fingerprint density at radius 2 is 1.25 bits per heavy atom. The molecule has 8 aromatic rings. The van der Waals surface area contributed by atoms with Crippen LogP contribution in [0.15, 0.2) is 160 Å². The van der Waals surface area contributed by atoms with Gasteiger partial charge in [-0.25, -0.2) is 9.98 Å². The predicted molar refractivity (Wildman–Crippen MR) is 180 cm³/mol. The number of amidine groups is 2. The number of furan rings is 1. The zero-order chi connectivity index (χ0) is 29.0. The number of nitrogens with one attached hydrogen (secondary N) is 1. The molecule has 1 aliphatic rings. The van der Waals surface area contributed by atoms with Gasteiger partial charge in [0.05, 0.1) is 16.6 Å². The highest BCUT2D eigenvalue weighted by atomic mass is 16.3. The summed E-state index contributed by atoms with van der Waals surface area (Å²) in [5, 5.41) is 8.24. The third-order valence-electron chi connectivity index (χ3n) is 8.46. The summed E-state index contributed by atoms with van der Waals surface area (Å²) in [4.78, 5) is 10.3. The third-order valence-corrected chi connectivity index (χ3v) is 8.46. The molecule has 6 aromatic carbocycles. The van der Waals surface area contributed by atoms with Crippen molar-refractivity contribution in [1.82, 2.24) is 9.88 Å². The monoisotopic (exact) mass is 566 g/mol. The summed E-state index contributed by atoms with van der Waals surface area (Å²) in [5.41, 5.74) is 7.98. The Balaban J connectivity index is 1.22. The molecule has 208 valence electrons. The van der Waals surface area contributed by atoms with Crippen molar-refractivity contribution in [2.24, 2.45) is 9.98 Å². The predicted octanol–water partition coefficient (Wildman–Crippen LogP) is 9.18. The normalized spacial score (nSPS) is 15.0. The molecule has 0 saturated heterocycles. The van der Waals surface area contributed by atoms with Crippen LogP contribution in [-0.2, 0) is 0 Å². The van der Waals surface area contributed by atoms with Gasteiger partial charge in [0.1, 0.15) is 23.2 Å². The molecule has 9 rings (SSSR count). The van der Waals surface area contributed by atoms with Gasteiger partial charge in [0.2, 0.25) is 0 Å². The van der Waals surface area contributed by atoms with Crippen molar-refractivity contribution in [2.75, 3.05) is 0 Å². The largest absolute Gasteiger partial charge is 0.455 e. The average molecular weight is 567 g/mol. The summed E-state index contributed by atoms with van der Waals surface area (Å²) in [6.45, 7) is 0. The summed E-state index contributed by atoms with van der Waals surface area (Å²) >= 11 is 0. The molecule has 5 heteroatoms. The lowest BCUT2D eigenvalue weighted by molar-refractivity contribution is 0.663. The van der Waals surface area contributed by atoms with Gasteiger partial charge in [0.15, 0.2) is 5.84 Å². The number of aromatic nitrogens is 1. The summed E-state index contributed by atoms with van der Waals surface area (Å²) in [7, 11) is 0. The van der Waals surface area contributed by atoms with Crippen LogP contribution in [0.3, 0.4) is 0 Å². The van der Waals surface area contributed by atoms with E-state index in [1.54, 1.807) is 0 Å². The zero-order valence-corrected chi connectivity index (χ0v) is 23.7. The number of hydrogen-bond donors (Lipinski definition) is 1. The first kappa shape index (κ1) is 24.6. The van der Waals surface area contributed by atoms with Gasteiger partial charge in [-0.15, -0.1) is 0 Å². The fraction of sp³-hybridized carbons (Fsp3) is 0.0256. The molecule has 44 heavy (non-hydrogen) atoms. The lowest BCUT2D eigenvalue weighted by Crippen LogP contribution is -2.33. The number of nitrogens with zero attached hydrogens (tertiary/aromatic N) is 3. The van der Waals surface area contributed by atoms with E-state index in [-0.39, 0.29) is 6.17 Å². The van der Waals surface area contributed by atoms with E-state index in [4.69, 9.17) is 14.4 Å².